The summed E-state index contributed by atoms with van der Waals surface area (Å²) >= 11 is 5.73. The minimum atomic E-state index is -0.560. The highest BCUT2D eigenvalue weighted by Crippen LogP contribution is 2.31. The largest absolute Gasteiger partial charge is 0.381 e. The molecule has 170 valence electrons. The zero-order chi connectivity index (χ0) is 22.6. The Bertz CT molecular complexity index is 1080. The summed E-state index contributed by atoms with van der Waals surface area (Å²) in [5.74, 6) is 0.556. The van der Waals surface area contributed by atoms with Crippen molar-refractivity contribution in [2.75, 3.05) is 13.2 Å². The van der Waals surface area contributed by atoms with E-state index in [1.54, 1.807) is 6.07 Å². The number of ether oxygens (including phenoxy) is 1. The van der Waals surface area contributed by atoms with Crippen molar-refractivity contribution in [2.45, 2.75) is 39.4 Å². The Kier molecular flexibility index (Phi) is 6.66. The van der Waals surface area contributed by atoms with Crippen LogP contribution in [0.1, 0.15) is 31.4 Å². The van der Waals surface area contributed by atoms with Crippen molar-refractivity contribution in [3.63, 3.8) is 0 Å². The zero-order valence-electron chi connectivity index (χ0n) is 17.6. The van der Waals surface area contributed by atoms with Gasteiger partial charge in [-0.3, -0.25) is 0 Å². The van der Waals surface area contributed by atoms with E-state index in [-0.39, 0.29) is 23.5 Å². The van der Waals surface area contributed by atoms with Crippen LogP contribution in [0.4, 0.5) is 9.18 Å². The number of aromatic nitrogens is 6. The molecule has 1 saturated heterocycles. The number of rotatable bonds is 7. The highest BCUT2D eigenvalue weighted by Gasteiger charge is 2.29. The molecule has 0 bridgehead atoms. The summed E-state index contributed by atoms with van der Waals surface area (Å²) in [4.78, 5) is 20.7. The Hall–Kier alpha value is -3.05. The van der Waals surface area contributed by atoms with Crippen molar-refractivity contribution < 1.29 is 13.9 Å². The van der Waals surface area contributed by atoms with E-state index >= 15 is 0 Å². The number of halogens is 2. The van der Waals surface area contributed by atoms with Crippen LogP contribution in [0, 0.1) is 11.2 Å². The Labute approximate surface area is 189 Å². The number of carbonyl (C=O) groups is 1. The standard InChI is InChI=1S/C20H24ClFN8O2/c1-20(4-6-32-7-5-20)11-29-17(25-12-27-29)9-23-19(31)24-10-18-26-13-28-30(18)14-2-3-15(21)16(22)8-14/h2-3,8,12-13H,4-7,9-11H2,1H3,(H2,23,24,31). The molecule has 0 spiro atoms. The van der Waals surface area contributed by atoms with Crippen LogP contribution in [0.2, 0.25) is 5.02 Å². The van der Waals surface area contributed by atoms with Crippen molar-refractivity contribution in [1.29, 1.82) is 0 Å². The monoisotopic (exact) mass is 462 g/mol. The third-order valence-corrected chi connectivity index (χ3v) is 5.81. The molecule has 1 fully saturated rings. The lowest BCUT2D eigenvalue weighted by atomic mass is 9.82. The van der Waals surface area contributed by atoms with Gasteiger partial charge in [0.2, 0.25) is 0 Å². The quantitative estimate of drug-likeness (QED) is 0.558. The number of carbonyl (C=O) groups excluding carboxylic acids is 1. The molecule has 10 nitrogen and oxygen atoms in total. The summed E-state index contributed by atoms with van der Waals surface area (Å²) in [6, 6.07) is 3.92. The van der Waals surface area contributed by atoms with Gasteiger partial charge >= 0.3 is 6.03 Å². The summed E-state index contributed by atoms with van der Waals surface area (Å²) in [7, 11) is 0. The Morgan fingerprint density at radius 1 is 1.16 bits per heavy atom. The van der Waals surface area contributed by atoms with Gasteiger partial charge < -0.3 is 15.4 Å². The van der Waals surface area contributed by atoms with E-state index < -0.39 is 11.8 Å². The van der Waals surface area contributed by atoms with Gasteiger partial charge in [-0.25, -0.2) is 28.5 Å². The fourth-order valence-corrected chi connectivity index (χ4v) is 3.66. The van der Waals surface area contributed by atoms with Gasteiger partial charge in [0.1, 0.15) is 24.3 Å². The van der Waals surface area contributed by atoms with Crippen LogP contribution >= 0.6 is 11.6 Å². The van der Waals surface area contributed by atoms with Crippen molar-refractivity contribution in [1.82, 2.24) is 40.2 Å². The van der Waals surface area contributed by atoms with Crippen LogP contribution in [0.3, 0.4) is 0 Å². The highest BCUT2D eigenvalue weighted by atomic mass is 35.5. The van der Waals surface area contributed by atoms with Crippen molar-refractivity contribution >= 4 is 17.6 Å². The van der Waals surface area contributed by atoms with Crippen molar-refractivity contribution in [3.8, 4) is 5.69 Å². The zero-order valence-corrected chi connectivity index (χ0v) is 18.3. The molecular weight excluding hydrogens is 439 g/mol. The van der Waals surface area contributed by atoms with E-state index in [0.717, 1.165) is 32.6 Å². The third kappa shape index (κ3) is 5.22. The van der Waals surface area contributed by atoms with Gasteiger partial charge in [-0.2, -0.15) is 10.2 Å². The van der Waals surface area contributed by atoms with Gasteiger partial charge in [0.15, 0.2) is 5.82 Å². The summed E-state index contributed by atoms with van der Waals surface area (Å²) in [6.45, 7) is 4.75. The minimum Gasteiger partial charge on any atom is -0.381 e. The SMILES string of the molecule is CC1(Cn2ncnc2CNC(=O)NCc2ncnn2-c2ccc(Cl)c(F)c2)CCOCC1. The summed E-state index contributed by atoms with van der Waals surface area (Å²) in [6.07, 6.45) is 4.74. The average Bonchev–Trinajstić information content (AvgIpc) is 3.42. The normalized spacial score (nSPS) is 15.5. The molecule has 4 rings (SSSR count). The van der Waals surface area contributed by atoms with Crippen LogP contribution in [0.25, 0.3) is 5.69 Å². The van der Waals surface area contributed by atoms with Crippen molar-refractivity contribution in [3.05, 3.63) is 53.3 Å². The lowest BCUT2D eigenvalue weighted by Gasteiger charge is -2.33. The van der Waals surface area contributed by atoms with Gasteiger partial charge in [-0.15, -0.1) is 0 Å². The number of hydrogen-bond acceptors (Lipinski definition) is 6. The van der Waals surface area contributed by atoms with Crippen LogP contribution in [0.5, 0.6) is 0 Å². The lowest BCUT2D eigenvalue weighted by Crippen LogP contribution is -2.37. The predicted octanol–water partition coefficient (Wildman–Crippen LogP) is 2.47. The highest BCUT2D eigenvalue weighted by molar-refractivity contribution is 6.30. The summed E-state index contributed by atoms with van der Waals surface area (Å²) in [5, 5.41) is 13.9. The van der Waals surface area contributed by atoms with Crippen LogP contribution in [-0.4, -0.2) is 48.8 Å². The van der Waals surface area contributed by atoms with E-state index in [1.165, 1.54) is 29.5 Å². The maximum Gasteiger partial charge on any atom is 0.315 e. The topological polar surface area (TPSA) is 112 Å². The summed E-state index contributed by atoms with van der Waals surface area (Å²) < 4.78 is 22.5. The second-order valence-corrected chi connectivity index (χ2v) is 8.39. The molecule has 0 aliphatic carbocycles. The molecule has 0 saturated carbocycles. The first kappa shape index (κ1) is 22.2. The Balaban J connectivity index is 1.31. The first-order valence-electron chi connectivity index (χ1n) is 10.2. The predicted molar refractivity (Wildman–Crippen MR) is 114 cm³/mol. The van der Waals surface area contributed by atoms with E-state index in [2.05, 4.69) is 37.7 Å². The fraction of sp³-hybridized carbons (Fsp3) is 0.450. The molecule has 2 amide bonds. The second-order valence-electron chi connectivity index (χ2n) is 7.98. The molecule has 1 aliphatic rings. The molecule has 2 aromatic heterocycles. The van der Waals surface area contributed by atoms with Gasteiger partial charge in [0, 0.05) is 25.8 Å². The Morgan fingerprint density at radius 3 is 2.59 bits per heavy atom. The van der Waals surface area contributed by atoms with Gasteiger partial charge in [0.25, 0.3) is 0 Å². The molecule has 0 unspecified atom stereocenters. The van der Waals surface area contributed by atoms with Crippen LogP contribution in [-0.2, 0) is 24.4 Å². The van der Waals surface area contributed by atoms with Gasteiger partial charge in [0.05, 0.1) is 23.8 Å². The molecule has 3 heterocycles. The van der Waals surface area contributed by atoms with Gasteiger partial charge in [-0.1, -0.05) is 18.5 Å². The van der Waals surface area contributed by atoms with Gasteiger partial charge in [-0.05, 0) is 30.4 Å². The molecule has 3 aromatic rings. The molecular formula is C20H24ClFN8O2. The smallest absolute Gasteiger partial charge is 0.315 e. The second kappa shape index (κ2) is 9.61. The lowest BCUT2D eigenvalue weighted by molar-refractivity contribution is 0.0133. The number of urea groups is 1. The van der Waals surface area contributed by atoms with Crippen LogP contribution in [0.15, 0.2) is 30.9 Å². The number of benzene rings is 1. The van der Waals surface area contributed by atoms with E-state index in [1.807, 2.05) is 4.68 Å². The molecule has 32 heavy (non-hydrogen) atoms. The number of hydrogen-bond donors (Lipinski definition) is 2. The first-order chi connectivity index (χ1) is 15.4. The maximum absolute atomic E-state index is 13.8. The van der Waals surface area contributed by atoms with Crippen LogP contribution < -0.4 is 10.6 Å². The van der Waals surface area contributed by atoms with E-state index in [0.29, 0.717) is 17.3 Å². The maximum atomic E-state index is 13.8. The molecule has 0 atom stereocenters. The van der Waals surface area contributed by atoms with E-state index in [4.69, 9.17) is 16.3 Å². The minimum absolute atomic E-state index is 0.0200. The van der Waals surface area contributed by atoms with Crippen molar-refractivity contribution in [2.24, 2.45) is 5.41 Å². The fourth-order valence-electron chi connectivity index (χ4n) is 3.54. The van der Waals surface area contributed by atoms with E-state index in [9.17, 15) is 9.18 Å². The molecule has 0 radical (unpaired) electrons. The first-order valence-corrected chi connectivity index (χ1v) is 10.6. The molecule has 12 heteroatoms. The Morgan fingerprint density at radius 2 is 1.84 bits per heavy atom. The number of nitrogens with zero attached hydrogens (tertiary/aromatic N) is 6. The molecule has 2 N–H and O–H groups in total. The number of nitrogens with one attached hydrogen (secondary N) is 2. The molecule has 1 aliphatic heterocycles. The molecule has 1 aromatic carbocycles. The third-order valence-electron chi connectivity index (χ3n) is 5.51. The summed E-state index contributed by atoms with van der Waals surface area (Å²) in [5.41, 5.74) is 0.546. The number of amides is 2. The average molecular weight is 463 g/mol.